The van der Waals surface area contributed by atoms with E-state index in [4.69, 9.17) is 14.6 Å². The molecule has 0 radical (unpaired) electrons. The van der Waals surface area contributed by atoms with E-state index in [0.29, 0.717) is 17.8 Å². The van der Waals surface area contributed by atoms with Crippen molar-refractivity contribution in [3.05, 3.63) is 0 Å². The van der Waals surface area contributed by atoms with Crippen LogP contribution in [0.5, 0.6) is 0 Å². The van der Waals surface area contributed by atoms with E-state index in [1.807, 2.05) is 13.8 Å². The highest BCUT2D eigenvalue weighted by molar-refractivity contribution is 5.90. The van der Waals surface area contributed by atoms with Gasteiger partial charge in [0.1, 0.15) is 6.61 Å². The zero-order chi connectivity index (χ0) is 15.9. The highest BCUT2D eigenvalue weighted by Gasteiger charge is 2.56. The molecule has 22 heavy (non-hydrogen) atoms. The Hall–Kier alpha value is -0.940. The summed E-state index contributed by atoms with van der Waals surface area (Å²) in [6.07, 6.45) is 5.09. The lowest BCUT2D eigenvalue weighted by atomic mass is 9.48. The van der Waals surface area contributed by atoms with Gasteiger partial charge >= 0.3 is 5.97 Å². The molecule has 4 bridgehead atoms. The van der Waals surface area contributed by atoms with Gasteiger partial charge in [-0.2, -0.15) is 0 Å². The van der Waals surface area contributed by atoms with E-state index in [1.165, 1.54) is 19.3 Å². The number of aliphatic hydroxyl groups excluding tert-OH is 1. The lowest BCUT2D eigenvalue weighted by molar-refractivity contribution is -0.205. The van der Waals surface area contributed by atoms with Crippen molar-refractivity contribution >= 4 is 11.8 Å². The van der Waals surface area contributed by atoms with Crippen molar-refractivity contribution in [1.29, 1.82) is 0 Å². The lowest BCUT2D eigenvalue weighted by Gasteiger charge is -2.56. The molecule has 1 unspecified atom stereocenters. The lowest BCUT2D eigenvalue weighted by Crippen LogP contribution is -2.54. The monoisotopic (exact) mass is 310 g/mol. The molecular weight excluding hydrogens is 284 g/mol. The van der Waals surface area contributed by atoms with Crippen LogP contribution in [0, 0.1) is 23.2 Å². The van der Waals surface area contributed by atoms with Gasteiger partial charge in [-0.1, -0.05) is 0 Å². The van der Waals surface area contributed by atoms with Crippen LogP contribution >= 0.6 is 0 Å². The van der Waals surface area contributed by atoms with Crippen molar-refractivity contribution in [2.75, 3.05) is 6.61 Å². The molecule has 4 saturated carbocycles. The molecule has 0 heterocycles. The maximum absolute atomic E-state index is 13.1. The predicted octanol–water partition coefficient (Wildman–Crippen LogP) is 2.06. The topological polar surface area (TPSA) is 72.8 Å². The van der Waals surface area contributed by atoms with Gasteiger partial charge < -0.3 is 14.6 Å². The van der Waals surface area contributed by atoms with Crippen molar-refractivity contribution in [2.45, 2.75) is 64.8 Å². The Morgan fingerprint density at radius 3 is 2.00 bits per heavy atom. The van der Waals surface area contributed by atoms with E-state index in [-0.39, 0.29) is 17.3 Å². The molecule has 0 aromatic rings. The van der Waals surface area contributed by atoms with Crippen LogP contribution in [0.15, 0.2) is 0 Å². The van der Waals surface area contributed by atoms with E-state index in [0.717, 1.165) is 19.3 Å². The van der Waals surface area contributed by atoms with Crippen LogP contribution in [0.2, 0.25) is 0 Å². The van der Waals surface area contributed by atoms with E-state index >= 15 is 0 Å². The molecule has 1 atom stereocenters. The minimum atomic E-state index is -1.17. The quantitative estimate of drug-likeness (QED) is 0.600. The minimum Gasteiger partial charge on any atom is -0.426 e. The van der Waals surface area contributed by atoms with Crippen molar-refractivity contribution in [3.8, 4) is 0 Å². The second-order valence-corrected chi connectivity index (χ2v) is 7.73. The van der Waals surface area contributed by atoms with Gasteiger partial charge in [-0.25, -0.2) is 4.79 Å². The molecule has 5 nitrogen and oxygen atoms in total. The molecule has 4 aliphatic rings. The average Bonchev–Trinajstić information content (AvgIpc) is 2.43. The normalized spacial score (nSPS) is 37.4. The molecule has 0 aliphatic heterocycles. The maximum atomic E-state index is 13.1. The molecule has 4 fully saturated rings. The summed E-state index contributed by atoms with van der Waals surface area (Å²) in [6.45, 7) is 2.89. The summed E-state index contributed by atoms with van der Waals surface area (Å²) in [4.78, 5) is 24.5. The summed E-state index contributed by atoms with van der Waals surface area (Å²) in [5, 5.41) is 8.89. The number of hydrogen-bond donors (Lipinski definition) is 1. The van der Waals surface area contributed by atoms with Gasteiger partial charge in [0.25, 0.3) is 6.29 Å². The Balaban J connectivity index is 1.78. The number of Topliss-reactive ketones (excluding diaryl/α,β-unsaturated/α-hetero) is 1. The number of carbonyl (C=O) groups is 2. The number of ketones is 1. The molecule has 0 spiro atoms. The smallest absolute Gasteiger partial charge is 0.334 e. The molecule has 0 aromatic carbocycles. The average molecular weight is 310 g/mol. The fraction of sp³-hybridized carbons (Fsp3) is 0.882. The van der Waals surface area contributed by atoms with Crippen molar-refractivity contribution in [3.63, 3.8) is 0 Å². The van der Waals surface area contributed by atoms with Gasteiger partial charge in [0.05, 0.1) is 6.10 Å². The third-order valence-corrected chi connectivity index (χ3v) is 5.54. The SMILES string of the molecule is CC(C)OC(OC(=O)CO)C(=O)C12CC3CC(CC(C3)C1)C2. The number of aliphatic hydroxyl groups is 1. The van der Waals surface area contributed by atoms with E-state index in [1.54, 1.807) is 0 Å². The largest absolute Gasteiger partial charge is 0.426 e. The van der Waals surface area contributed by atoms with Gasteiger partial charge in [0, 0.05) is 5.41 Å². The van der Waals surface area contributed by atoms with Crippen LogP contribution < -0.4 is 0 Å². The molecule has 124 valence electrons. The number of hydrogen-bond acceptors (Lipinski definition) is 5. The minimum absolute atomic E-state index is 0.0814. The fourth-order valence-electron chi connectivity index (χ4n) is 5.21. The van der Waals surface area contributed by atoms with Gasteiger partial charge in [-0.15, -0.1) is 0 Å². The highest BCUT2D eigenvalue weighted by atomic mass is 16.7. The first-order chi connectivity index (χ1) is 10.4. The molecule has 4 rings (SSSR count). The summed E-state index contributed by atoms with van der Waals surface area (Å²) in [5.74, 6) is 1.04. The molecule has 0 aromatic heterocycles. The van der Waals surface area contributed by atoms with Crippen LogP contribution in [-0.4, -0.2) is 35.9 Å². The van der Waals surface area contributed by atoms with Gasteiger partial charge in [-0.05, 0) is 70.1 Å². The molecule has 4 aliphatic carbocycles. The van der Waals surface area contributed by atoms with E-state index in [9.17, 15) is 9.59 Å². The number of ether oxygens (including phenoxy) is 2. The number of rotatable bonds is 6. The van der Waals surface area contributed by atoms with Gasteiger partial charge in [0.2, 0.25) is 5.78 Å². The first kappa shape index (κ1) is 15.9. The van der Waals surface area contributed by atoms with E-state index < -0.39 is 18.9 Å². The van der Waals surface area contributed by atoms with Gasteiger partial charge in [-0.3, -0.25) is 4.79 Å². The van der Waals surface area contributed by atoms with Crippen LogP contribution in [0.4, 0.5) is 0 Å². The molecule has 5 heteroatoms. The third kappa shape index (κ3) is 2.93. The van der Waals surface area contributed by atoms with E-state index in [2.05, 4.69) is 0 Å². The van der Waals surface area contributed by atoms with Crippen LogP contribution in [0.1, 0.15) is 52.4 Å². The Kier molecular flexibility index (Phi) is 4.29. The zero-order valence-electron chi connectivity index (χ0n) is 13.4. The molecular formula is C17H26O5. The first-order valence-corrected chi connectivity index (χ1v) is 8.42. The summed E-state index contributed by atoms with van der Waals surface area (Å²) < 4.78 is 10.7. The highest BCUT2D eigenvalue weighted by Crippen LogP contribution is 2.60. The third-order valence-electron chi connectivity index (χ3n) is 5.54. The molecule has 0 saturated heterocycles. The number of esters is 1. The standard InChI is InChI=1S/C17H26O5/c1-10(2)21-16(22-14(19)9-18)15(20)17-6-11-3-12(7-17)5-13(4-11)8-17/h10-13,16,18H,3-9H2,1-2H3. The van der Waals surface area contributed by atoms with Crippen molar-refractivity contribution < 1.29 is 24.2 Å². The van der Waals surface area contributed by atoms with Crippen LogP contribution in [-0.2, 0) is 19.1 Å². The Labute approximate surface area is 131 Å². The fourth-order valence-corrected chi connectivity index (χ4v) is 5.21. The molecule has 1 N–H and O–H groups in total. The van der Waals surface area contributed by atoms with Gasteiger partial charge in [0.15, 0.2) is 0 Å². The Morgan fingerprint density at radius 2 is 1.59 bits per heavy atom. The summed E-state index contributed by atoms with van der Waals surface area (Å²) in [6, 6.07) is 0. The second-order valence-electron chi connectivity index (χ2n) is 7.73. The van der Waals surface area contributed by atoms with Crippen LogP contribution in [0.25, 0.3) is 0 Å². The Morgan fingerprint density at radius 1 is 1.09 bits per heavy atom. The summed E-state index contributed by atoms with van der Waals surface area (Å²) in [5.41, 5.74) is -0.371. The van der Waals surface area contributed by atoms with Crippen molar-refractivity contribution in [1.82, 2.24) is 0 Å². The number of carbonyl (C=O) groups excluding carboxylic acids is 2. The first-order valence-electron chi connectivity index (χ1n) is 8.42. The van der Waals surface area contributed by atoms with Crippen LogP contribution in [0.3, 0.4) is 0 Å². The summed E-state index contributed by atoms with van der Waals surface area (Å²) in [7, 11) is 0. The molecule has 0 amide bonds. The predicted molar refractivity (Wildman–Crippen MR) is 78.8 cm³/mol. The zero-order valence-corrected chi connectivity index (χ0v) is 13.4. The second kappa shape index (κ2) is 5.93. The Bertz CT molecular complexity index is 421. The van der Waals surface area contributed by atoms with Crippen molar-refractivity contribution in [2.24, 2.45) is 23.2 Å². The maximum Gasteiger partial charge on any atom is 0.334 e. The summed E-state index contributed by atoms with van der Waals surface area (Å²) >= 11 is 0.